The van der Waals surface area contributed by atoms with Gasteiger partial charge in [-0.1, -0.05) is 23.2 Å². The summed E-state index contributed by atoms with van der Waals surface area (Å²) in [5.41, 5.74) is 1.53. The third-order valence-electron chi connectivity index (χ3n) is 6.39. The molecule has 2 heterocycles. The van der Waals surface area contributed by atoms with Crippen molar-refractivity contribution in [3.8, 4) is 5.75 Å². The zero-order valence-corrected chi connectivity index (χ0v) is 19.9. The van der Waals surface area contributed by atoms with Gasteiger partial charge in [0.2, 0.25) is 5.91 Å². The van der Waals surface area contributed by atoms with E-state index in [4.69, 9.17) is 32.4 Å². The van der Waals surface area contributed by atoms with Crippen molar-refractivity contribution < 1.29 is 18.7 Å². The third kappa shape index (κ3) is 5.10. The Morgan fingerprint density at radius 3 is 2.56 bits per heavy atom. The average Bonchev–Trinajstić information content (AvgIpc) is 3.24. The Hall–Kier alpha value is -2.90. The van der Waals surface area contributed by atoms with Crippen molar-refractivity contribution in [2.45, 2.75) is 44.4 Å². The largest absolute Gasteiger partial charge is 0.477 e. The molecule has 1 unspecified atom stereocenters. The second-order valence-corrected chi connectivity index (χ2v) is 9.67. The summed E-state index contributed by atoms with van der Waals surface area (Å²) in [4.78, 5) is 25.4. The Kier molecular flexibility index (Phi) is 6.57. The van der Waals surface area contributed by atoms with Crippen LogP contribution in [0.1, 0.15) is 31.4 Å². The maximum atomic E-state index is 12.7. The normalized spacial score (nSPS) is 21.8. The van der Waals surface area contributed by atoms with Crippen LogP contribution in [0.4, 0.5) is 5.69 Å². The van der Waals surface area contributed by atoms with Gasteiger partial charge >= 0.3 is 0 Å². The van der Waals surface area contributed by atoms with E-state index in [1.807, 2.05) is 18.2 Å². The van der Waals surface area contributed by atoms with Crippen LogP contribution in [0, 0.1) is 5.92 Å². The second-order valence-electron chi connectivity index (χ2n) is 8.80. The van der Waals surface area contributed by atoms with Crippen LogP contribution in [0.3, 0.4) is 0 Å². The predicted octanol–water partition coefficient (Wildman–Crippen LogP) is 4.90. The molecule has 1 aliphatic heterocycles. The van der Waals surface area contributed by atoms with E-state index in [-0.39, 0.29) is 23.8 Å². The van der Waals surface area contributed by atoms with Crippen molar-refractivity contribution >= 4 is 51.7 Å². The molecule has 1 aromatic heterocycles. The second kappa shape index (κ2) is 9.76. The van der Waals surface area contributed by atoms with Crippen LogP contribution in [0.25, 0.3) is 11.0 Å². The molecule has 3 N–H and O–H groups in total. The number of carbonyl (C=O) groups is 2. The average molecular weight is 502 g/mol. The number of ether oxygens (including phenoxy) is 1. The third-order valence-corrected chi connectivity index (χ3v) is 6.86. The molecule has 1 atom stereocenters. The first kappa shape index (κ1) is 22.9. The molecular formula is C25H25Cl2N3O4. The number of hydrogen-bond donors (Lipinski definition) is 3. The molecule has 1 aliphatic carbocycles. The van der Waals surface area contributed by atoms with Crippen LogP contribution >= 0.6 is 23.2 Å². The van der Waals surface area contributed by atoms with Gasteiger partial charge in [-0.3, -0.25) is 9.59 Å². The van der Waals surface area contributed by atoms with E-state index in [0.717, 1.165) is 42.3 Å². The molecule has 34 heavy (non-hydrogen) atoms. The lowest BCUT2D eigenvalue weighted by atomic mass is 9.85. The van der Waals surface area contributed by atoms with Crippen LogP contribution < -0.4 is 20.7 Å². The topological polar surface area (TPSA) is 92.6 Å². The zero-order chi connectivity index (χ0) is 23.7. The maximum absolute atomic E-state index is 12.7. The van der Waals surface area contributed by atoms with Gasteiger partial charge in [-0.15, -0.1) is 0 Å². The van der Waals surface area contributed by atoms with Gasteiger partial charge in [0.1, 0.15) is 17.1 Å². The van der Waals surface area contributed by atoms with Crippen LogP contribution in [-0.4, -0.2) is 30.5 Å². The Bertz CT molecular complexity index is 1220. The fourth-order valence-corrected chi connectivity index (χ4v) is 4.91. The highest BCUT2D eigenvalue weighted by molar-refractivity contribution is 6.31. The van der Waals surface area contributed by atoms with E-state index in [0.29, 0.717) is 34.6 Å². The molecule has 1 fully saturated rings. The number of amides is 2. The minimum atomic E-state index is -0.603. The molecule has 0 saturated heterocycles. The first-order valence-electron chi connectivity index (χ1n) is 11.4. The molecule has 3 aromatic rings. The summed E-state index contributed by atoms with van der Waals surface area (Å²) in [5, 5.41) is 11.4. The lowest BCUT2D eigenvalue weighted by Crippen LogP contribution is -2.49. The molecule has 2 amide bonds. The highest BCUT2D eigenvalue weighted by atomic mass is 35.5. The van der Waals surface area contributed by atoms with Gasteiger partial charge in [0.05, 0.1) is 18.8 Å². The minimum Gasteiger partial charge on any atom is -0.477 e. The fraction of sp³-hybridized carbons (Fsp3) is 0.360. The Morgan fingerprint density at radius 2 is 1.74 bits per heavy atom. The standard InChI is InChI=1S/C25H25Cl2N3O4/c26-16-3-7-21-15(9-16)10-19(33-21)12-29-24(31)14-1-5-18(6-2-14)30-25(32)23-13-28-20-11-17(27)4-8-22(20)34-23/h3-4,7-11,14,18,23,28H,1-2,5-6,12-13H2,(H,29,31)(H,30,32). The van der Waals surface area contributed by atoms with Gasteiger partial charge in [0.25, 0.3) is 5.91 Å². The molecule has 178 valence electrons. The van der Waals surface area contributed by atoms with Crippen molar-refractivity contribution in [3.63, 3.8) is 0 Å². The Morgan fingerprint density at radius 1 is 0.971 bits per heavy atom. The number of hydrogen-bond acceptors (Lipinski definition) is 5. The van der Waals surface area contributed by atoms with Gasteiger partial charge in [0.15, 0.2) is 6.10 Å². The fourth-order valence-electron chi connectivity index (χ4n) is 4.56. The number of halogens is 2. The van der Waals surface area contributed by atoms with E-state index in [2.05, 4.69) is 16.0 Å². The van der Waals surface area contributed by atoms with Crippen molar-refractivity contribution in [1.29, 1.82) is 0 Å². The molecule has 9 heteroatoms. The van der Waals surface area contributed by atoms with E-state index in [1.54, 1.807) is 24.3 Å². The van der Waals surface area contributed by atoms with E-state index in [1.165, 1.54) is 0 Å². The summed E-state index contributed by atoms with van der Waals surface area (Å²) in [6.07, 6.45) is 2.34. The van der Waals surface area contributed by atoms with Gasteiger partial charge < -0.3 is 25.1 Å². The number of furan rings is 1. The van der Waals surface area contributed by atoms with Crippen LogP contribution in [0.15, 0.2) is 46.9 Å². The monoisotopic (exact) mass is 501 g/mol. The molecule has 2 aliphatic rings. The molecule has 5 rings (SSSR count). The van der Waals surface area contributed by atoms with Crippen LogP contribution in [-0.2, 0) is 16.1 Å². The van der Waals surface area contributed by atoms with Crippen molar-refractivity contribution in [1.82, 2.24) is 10.6 Å². The highest BCUT2D eigenvalue weighted by Gasteiger charge is 2.31. The van der Waals surface area contributed by atoms with E-state index < -0.39 is 6.10 Å². The summed E-state index contributed by atoms with van der Waals surface area (Å²) in [6, 6.07) is 12.6. The van der Waals surface area contributed by atoms with Gasteiger partial charge in [0, 0.05) is 27.4 Å². The zero-order valence-electron chi connectivity index (χ0n) is 18.4. The summed E-state index contributed by atoms with van der Waals surface area (Å²) in [7, 11) is 0. The smallest absolute Gasteiger partial charge is 0.263 e. The molecule has 1 saturated carbocycles. The van der Waals surface area contributed by atoms with E-state index >= 15 is 0 Å². The van der Waals surface area contributed by atoms with Crippen LogP contribution in [0.2, 0.25) is 10.0 Å². The van der Waals surface area contributed by atoms with Crippen molar-refractivity contribution in [2.24, 2.45) is 5.92 Å². The summed E-state index contributed by atoms with van der Waals surface area (Å²) >= 11 is 12.0. The number of fused-ring (bicyclic) bond motifs is 2. The van der Waals surface area contributed by atoms with Crippen molar-refractivity contribution in [3.05, 3.63) is 58.3 Å². The Balaban J connectivity index is 1.07. The number of carbonyl (C=O) groups excluding carboxylic acids is 2. The molecule has 7 nitrogen and oxygen atoms in total. The molecule has 2 aromatic carbocycles. The molecule has 0 bridgehead atoms. The molecular weight excluding hydrogens is 477 g/mol. The van der Waals surface area contributed by atoms with Gasteiger partial charge in [-0.2, -0.15) is 0 Å². The van der Waals surface area contributed by atoms with Gasteiger partial charge in [-0.05, 0) is 68.1 Å². The predicted molar refractivity (Wildman–Crippen MR) is 131 cm³/mol. The van der Waals surface area contributed by atoms with Gasteiger partial charge in [-0.25, -0.2) is 0 Å². The van der Waals surface area contributed by atoms with E-state index in [9.17, 15) is 9.59 Å². The van der Waals surface area contributed by atoms with Crippen LogP contribution in [0.5, 0.6) is 5.75 Å². The molecule has 0 radical (unpaired) electrons. The first-order chi connectivity index (χ1) is 16.4. The summed E-state index contributed by atoms with van der Waals surface area (Å²) in [5.74, 6) is 1.10. The number of benzene rings is 2. The number of nitrogens with one attached hydrogen (secondary N) is 3. The number of anilines is 1. The first-order valence-corrected chi connectivity index (χ1v) is 12.2. The maximum Gasteiger partial charge on any atom is 0.263 e. The van der Waals surface area contributed by atoms with Crippen molar-refractivity contribution in [2.75, 3.05) is 11.9 Å². The lowest BCUT2D eigenvalue weighted by molar-refractivity contribution is -0.129. The highest BCUT2D eigenvalue weighted by Crippen LogP contribution is 2.32. The lowest BCUT2D eigenvalue weighted by Gasteiger charge is -2.31. The molecule has 0 spiro atoms. The SMILES string of the molecule is O=C(NCc1cc2cc(Cl)ccc2o1)C1CCC(NC(=O)C2CNc3cc(Cl)ccc3O2)CC1. The summed E-state index contributed by atoms with van der Waals surface area (Å²) < 4.78 is 11.6. The minimum absolute atomic E-state index is 0.0124. The quantitative estimate of drug-likeness (QED) is 0.462. The number of rotatable bonds is 5. The summed E-state index contributed by atoms with van der Waals surface area (Å²) in [6.45, 7) is 0.714. The Labute approximate surface area is 207 Å².